The van der Waals surface area contributed by atoms with Gasteiger partial charge < -0.3 is 0 Å². The fourth-order valence-electron chi connectivity index (χ4n) is 0.830. The lowest BCUT2D eigenvalue weighted by Gasteiger charge is -2.18. The number of ketones is 1. The number of Topliss-reactive ketones (excluding diaryl/α,β-unsaturated/α-hetero) is 1. The SMILES string of the molecule is CC(=O)C1(N)NC(C#N)CS1. The molecule has 0 aromatic carbocycles. The minimum Gasteiger partial charge on any atom is -0.298 e. The zero-order chi connectivity index (χ0) is 8.48. The lowest BCUT2D eigenvalue weighted by Crippen LogP contribution is -2.54. The van der Waals surface area contributed by atoms with Gasteiger partial charge in [0, 0.05) is 5.75 Å². The quantitative estimate of drug-likeness (QED) is 0.551. The van der Waals surface area contributed by atoms with Crippen LogP contribution in [-0.2, 0) is 4.79 Å². The first-order valence-corrected chi connectivity index (χ1v) is 4.18. The van der Waals surface area contributed by atoms with E-state index >= 15 is 0 Å². The van der Waals surface area contributed by atoms with Crippen molar-refractivity contribution in [2.45, 2.75) is 18.0 Å². The van der Waals surface area contributed by atoms with Crippen LogP contribution in [0.25, 0.3) is 0 Å². The molecule has 60 valence electrons. The molecule has 0 saturated carbocycles. The van der Waals surface area contributed by atoms with E-state index in [0.717, 1.165) is 0 Å². The molecule has 1 rings (SSSR count). The van der Waals surface area contributed by atoms with Gasteiger partial charge in [-0.25, -0.2) is 0 Å². The van der Waals surface area contributed by atoms with Gasteiger partial charge in [0.1, 0.15) is 6.04 Å². The number of nitrogens with two attached hydrogens (primary N) is 1. The molecule has 1 fully saturated rings. The van der Waals surface area contributed by atoms with E-state index in [-0.39, 0.29) is 11.8 Å². The van der Waals surface area contributed by atoms with E-state index in [1.807, 2.05) is 6.07 Å². The van der Waals surface area contributed by atoms with E-state index in [4.69, 9.17) is 11.0 Å². The molecule has 0 aromatic rings. The second-order valence-electron chi connectivity index (χ2n) is 2.43. The van der Waals surface area contributed by atoms with Crippen LogP contribution < -0.4 is 11.1 Å². The zero-order valence-electron chi connectivity index (χ0n) is 6.13. The summed E-state index contributed by atoms with van der Waals surface area (Å²) in [5, 5.41) is 11.2. The molecule has 1 aliphatic heterocycles. The molecule has 4 nitrogen and oxygen atoms in total. The molecule has 2 unspecified atom stereocenters. The molecule has 5 heteroatoms. The highest BCUT2D eigenvalue weighted by Gasteiger charge is 2.39. The summed E-state index contributed by atoms with van der Waals surface area (Å²) in [5.74, 6) is 0.437. The van der Waals surface area contributed by atoms with Gasteiger partial charge in [-0.2, -0.15) is 5.26 Å². The minimum atomic E-state index is -1.03. The van der Waals surface area contributed by atoms with Crippen LogP contribution in [0.5, 0.6) is 0 Å². The fourth-order valence-corrected chi connectivity index (χ4v) is 1.85. The van der Waals surface area contributed by atoms with Crippen LogP contribution in [0.4, 0.5) is 0 Å². The van der Waals surface area contributed by atoms with Crippen molar-refractivity contribution in [3.8, 4) is 6.07 Å². The Morgan fingerprint density at radius 3 is 2.91 bits per heavy atom. The molecule has 1 saturated heterocycles. The average Bonchev–Trinajstić information content (AvgIpc) is 2.33. The summed E-state index contributed by atoms with van der Waals surface area (Å²) in [6.45, 7) is 1.42. The van der Waals surface area contributed by atoms with Gasteiger partial charge in [0.2, 0.25) is 0 Å². The summed E-state index contributed by atoms with van der Waals surface area (Å²) < 4.78 is 0. The van der Waals surface area contributed by atoms with E-state index in [2.05, 4.69) is 5.32 Å². The van der Waals surface area contributed by atoms with Gasteiger partial charge in [0.25, 0.3) is 0 Å². The number of thioether (sulfide) groups is 1. The van der Waals surface area contributed by atoms with Crippen molar-refractivity contribution < 1.29 is 4.79 Å². The number of nitriles is 1. The Morgan fingerprint density at radius 1 is 2.00 bits per heavy atom. The van der Waals surface area contributed by atoms with Crippen molar-refractivity contribution in [1.82, 2.24) is 5.32 Å². The van der Waals surface area contributed by atoms with Gasteiger partial charge in [-0.05, 0) is 6.92 Å². The van der Waals surface area contributed by atoms with Crippen LogP contribution in [0, 0.1) is 11.3 Å². The first kappa shape index (κ1) is 8.53. The summed E-state index contributed by atoms with van der Waals surface area (Å²) >= 11 is 1.28. The molecule has 3 N–H and O–H groups in total. The lowest BCUT2D eigenvalue weighted by atomic mass is 10.3. The number of nitrogens with zero attached hydrogens (tertiary/aromatic N) is 1. The second kappa shape index (κ2) is 2.81. The topological polar surface area (TPSA) is 78.9 Å². The van der Waals surface area contributed by atoms with Crippen molar-refractivity contribution in [2.24, 2.45) is 5.73 Å². The average molecular weight is 171 g/mol. The third-order valence-electron chi connectivity index (χ3n) is 1.55. The highest BCUT2D eigenvalue weighted by atomic mass is 32.2. The molecule has 0 spiro atoms. The number of nitrogens with one attached hydrogen (secondary N) is 1. The van der Waals surface area contributed by atoms with Crippen molar-refractivity contribution in [3.05, 3.63) is 0 Å². The van der Waals surface area contributed by atoms with Crippen molar-refractivity contribution >= 4 is 17.5 Å². The monoisotopic (exact) mass is 171 g/mol. The van der Waals surface area contributed by atoms with Gasteiger partial charge in [0.15, 0.2) is 10.8 Å². The number of rotatable bonds is 1. The maximum absolute atomic E-state index is 10.9. The van der Waals surface area contributed by atoms with E-state index in [1.54, 1.807) is 0 Å². The lowest BCUT2D eigenvalue weighted by molar-refractivity contribution is -0.119. The van der Waals surface area contributed by atoms with E-state index in [0.29, 0.717) is 5.75 Å². The third kappa shape index (κ3) is 1.53. The number of carbonyl (C=O) groups is 1. The molecule has 0 amide bonds. The third-order valence-corrected chi connectivity index (χ3v) is 2.91. The number of carbonyl (C=O) groups excluding carboxylic acids is 1. The predicted octanol–water partition coefficient (Wildman–Crippen LogP) is -0.584. The van der Waals surface area contributed by atoms with Crippen molar-refractivity contribution in [2.75, 3.05) is 5.75 Å². The Kier molecular flexibility index (Phi) is 2.18. The summed E-state index contributed by atoms with van der Waals surface area (Å²) in [6.07, 6.45) is 0. The Labute approximate surface area is 69.1 Å². The van der Waals surface area contributed by atoms with Crippen LogP contribution in [0.2, 0.25) is 0 Å². The first-order valence-electron chi connectivity index (χ1n) is 3.19. The molecule has 0 radical (unpaired) electrons. The van der Waals surface area contributed by atoms with Gasteiger partial charge >= 0.3 is 0 Å². The molecule has 1 aliphatic rings. The summed E-state index contributed by atoms with van der Waals surface area (Å²) in [4.78, 5) is 9.88. The van der Waals surface area contributed by atoms with E-state index in [9.17, 15) is 4.79 Å². The van der Waals surface area contributed by atoms with E-state index in [1.165, 1.54) is 18.7 Å². The predicted molar refractivity (Wildman–Crippen MR) is 42.6 cm³/mol. The van der Waals surface area contributed by atoms with Crippen molar-refractivity contribution in [1.29, 1.82) is 5.26 Å². The van der Waals surface area contributed by atoms with E-state index < -0.39 is 4.99 Å². The molecule has 0 bridgehead atoms. The molecule has 0 aromatic heterocycles. The standard InChI is InChI=1S/C6H9N3OS/c1-4(10)6(8)9-5(2-7)3-11-6/h5,9H,3,8H2,1H3. The van der Waals surface area contributed by atoms with Gasteiger partial charge in [-0.1, -0.05) is 0 Å². The zero-order valence-corrected chi connectivity index (χ0v) is 6.94. The summed E-state index contributed by atoms with van der Waals surface area (Å²) in [6, 6.07) is 1.71. The van der Waals surface area contributed by atoms with Gasteiger partial charge in [-0.3, -0.25) is 15.8 Å². The minimum absolute atomic E-state index is 0.139. The highest BCUT2D eigenvalue weighted by Crippen LogP contribution is 2.25. The van der Waals surface area contributed by atoms with Crippen molar-refractivity contribution in [3.63, 3.8) is 0 Å². The van der Waals surface area contributed by atoms with Crippen LogP contribution in [0.15, 0.2) is 0 Å². The molecule has 1 heterocycles. The molecular weight excluding hydrogens is 162 g/mol. The Hall–Kier alpha value is -0.570. The normalized spacial score (nSPS) is 36.6. The molecule has 11 heavy (non-hydrogen) atoms. The summed E-state index contributed by atoms with van der Waals surface area (Å²) in [5.41, 5.74) is 5.62. The maximum atomic E-state index is 10.9. The maximum Gasteiger partial charge on any atom is 0.176 e. The second-order valence-corrected chi connectivity index (χ2v) is 3.69. The summed E-state index contributed by atoms with van der Waals surface area (Å²) in [7, 11) is 0. The van der Waals surface area contributed by atoms with Crippen LogP contribution >= 0.6 is 11.8 Å². The van der Waals surface area contributed by atoms with Crippen LogP contribution in [-0.4, -0.2) is 22.6 Å². The largest absolute Gasteiger partial charge is 0.298 e. The molecule has 2 atom stereocenters. The highest BCUT2D eigenvalue weighted by molar-refractivity contribution is 8.01. The first-order chi connectivity index (χ1) is 5.08. The number of hydrogen-bond donors (Lipinski definition) is 2. The number of hydrogen-bond acceptors (Lipinski definition) is 5. The Balaban J connectivity index is 2.67. The fraction of sp³-hybridized carbons (Fsp3) is 0.667. The van der Waals surface area contributed by atoms with Crippen LogP contribution in [0.3, 0.4) is 0 Å². The van der Waals surface area contributed by atoms with Gasteiger partial charge in [0.05, 0.1) is 6.07 Å². The van der Waals surface area contributed by atoms with Crippen LogP contribution in [0.1, 0.15) is 6.92 Å². The molecule has 0 aliphatic carbocycles. The van der Waals surface area contributed by atoms with Gasteiger partial charge in [-0.15, -0.1) is 11.8 Å². The molecular formula is C6H9N3OS. The smallest absolute Gasteiger partial charge is 0.176 e. The Morgan fingerprint density at radius 2 is 2.64 bits per heavy atom. The Bertz CT molecular complexity index is 224.